The molecule has 0 fully saturated rings. The van der Waals surface area contributed by atoms with E-state index >= 15 is 0 Å². The third-order valence-corrected chi connectivity index (χ3v) is 4.47. The van der Waals surface area contributed by atoms with Crippen molar-refractivity contribution >= 4 is 17.2 Å². The Labute approximate surface area is 148 Å². The van der Waals surface area contributed by atoms with Gasteiger partial charge in [0.25, 0.3) is 0 Å². The minimum atomic E-state index is -0.405. The molecule has 2 aromatic carbocycles. The van der Waals surface area contributed by atoms with Crippen molar-refractivity contribution in [2.75, 3.05) is 0 Å². The monoisotopic (exact) mass is 350 g/mol. The summed E-state index contributed by atoms with van der Waals surface area (Å²) in [5.41, 5.74) is 3.57. The summed E-state index contributed by atoms with van der Waals surface area (Å²) < 4.78 is 21.0. The molecule has 0 saturated carbocycles. The third-order valence-electron chi connectivity index (χ3n) is 4.47. The number of hydrogen-bond acceptors (Lipinski definition) is 4. The molecule has 4 rings (SSSR count). The van der Waals surface area contributed by atoms with Crippen molar-refractivity contribution in [1.82, 2.24) is 9.72 Å². The normalized spacial score (nSPS) is 11.2. The number of benzene rings is 2. The van der Waals surface area contributed by atoms with E-state index in [0.717, 1.165) is 6.29 Å². The molecule has 0 spiro atoms. The van der Waals surface area contributed by atoms with Crippen LogP contribution >= 0.6 is 0 Å². The number of fused-ring (bicyclic) bond motifs is 1. The van der Waals surface area contributed by atoms with Crippen LogP contribution in [0.5, 0.6) is 5.75 Å². The van der Waals surface area contributed by atoms with Crippen molar-refractivity contribution in [3.05, 3.63) is 65.3 Å². The number of rotatable bonds is 3. The molecule has 0 aliphatic rings. The summed E-state index contributed by atoms with van der Waals surface area (Å²) >= 11 is 0. The molecule has 5 nitrogen and oxygen atoms in total. The minimum absolute atomic E-state index is 0.117. The highest BCUT2D eigenvalue weighted by molar-refractivity contribution is 6.06. The van der Waals surface area contributed by atoms with Gasteiger partial charge in [0.05, 0.1) is 22.5 Å². The van der Waals surface area contributed by atoms with Gasteiger partial charge in [-0.2, -0.15) is 0 Å². The van der Waals surface area contributed by atoms with Crippen LogP contribution in [0.1, 0.15) is 21.8 Å². The maximum absolute atomic E-state index is 14.0. The summed E-state index contributed by atoms with van der Waals surface area (Å²) in [5, 5.41) is 14.2. The van der Waals surface area contributed by atoms with E-state index in [1.807, 2.05) is 0 Å². The number of carbonyl (C=O) groups excluding carboxylic acids is 1. The van der Waals surface area contributed by atoms with Crippen molar-refractivity contribution < 1.29 is 18.8 Å². The number of halogens is 1. The molecule has 26 heavy (non-hydrogen) atoms. The largest absolute Gasteiger partial charge is 0.508 e. The van der Waals surface area contributed by atoms with Gasteiger partial charge in [0.1, 0.15) is 17.3 Å². The van der Waals surface area contributed by atoms with E-state index in [2.05, 4.69) is 5.16 Å². The molecule has 130 valence electrons. The second kappa shape index (κ2) is 5.84. The molecule has 4 aromatic rings. The van der Waals surface area contributed by atoms with Crippen molar-refractivity contribution in [3.63, 3.8) is 0 Å². The topological polar surface area (TPSA) is 68.3 Å². The van der Waals surface area contributed by atoms with Gasteiger partial charge in [-0.15, -0.1) is 0 Å². The molecule has 0 atom stereocenters. The maximum atomic E-state index is 14.0. The van der Waals surface area contributed by atoms with E-state index in [1.165, 1.54) is 24.3 Å². The van der Waals surface area contributed by atoms with Gasteiger partial charge < -0.3 is 14.2 Å². The van der Waals surface area contributed by atoms with Gasteiger partial charge in [-0.05, 0) is 56.3 Å². The van der Waals surface area contributed by atoms with E-state index in [1.54, 1.807) is 36.6 Å². The zero-order valence-electron chi connectivity index (χ0n) is 14.2. The van der Waals surface area contributed by atoms with Crippen LogP contribution in [-0.4, -0.2) is 21.1 Å². The molecule has 2 aromatic heterocycles. The Morgan fingerprint density at radius 2 is 1.88 bits per heavy atom. The van der Waals surface area contributed by atoms with Gasteiger partial charge in [-0.1, -0.05) is 5.16 Å². The molecule has 0 aliphatic carbocycles. The second-order valence-electron chi connectivity index (χ2n) is 6.09. The Bertz CT molecular complexity index is 1120. The van der Waals surface area contributed by atoms with Crippen LogP contribution in [0.25, 0.3) is 27.8 Å². The molecule has 1 N–H and O–H groups in total. The minimum Gasteiger partial charge on any atom is -0.508 e. The number of carbonyl (C=O) groups is 1. The quantitative estimate of drug-likeness (QED) is 0.550. The molecule has 0 bridgehead atoms. The van der Waals surface area contributed by atoms with E-state index < -0.39 is 5.82 Å². The van der Waals surface area contributed by atoms with Crippen LogP contribution in [0, 0.1) is 19.7 Å². The number of nitrogens with zero attached hydrogens (tertiary/aromatic N) is 2. The Morgan fingerprint density at radius 1 is 1.15 bits per heavy atom. The van der Waals surface area contributed by atoms with Crippen LogP contribution in [0.3, 0.4) is 0 Å². The summed E-state index contributed by atoms with van der Waals surface area (Å²) in [6.07, 6.45) is 0.762. The zero-order valence-corrected chi connectivity index (χ0v) is 14.2. The summed E-state index contributed by atoms with van der Waals surface area (Å²) in [5.74, 6) is 0.276. The van der Waals surface area contributed by atoms with Crippen molar-refractivity contribution in [2.45, 2.75) is 13.8 Å². The highest BCUT2D eigenvalue weighted by Gasteiger charge is 2.24. The van der Waals surface area contributed by atoms with Crippen molar-refractivity contribution in [1.29, 1.82) is 0 Å². The van der Waals surface area contributed by atoms with Crippen molar-refractivity contribution in [2.24, 2.45) is 0 Å². The summed E-state index contributed by atoms with van der Waals surface area (Å²) in [4.78, 5) is 11.9. The third kappa shape index (κ3) is 2.30. The van der Waals surface area contributed by atoms with Crippen molar-refractivity contribution in [3.8, 4) is 22.7 Å². The first kappa shape index (κ1) is 16.1. The lowest BCUT2D eigenvalue weighted by Crippen LogP contribution is -1.99. The number of phenolic OH excluding ortho intramolecular Hbond substituents is 1. The first-order valence-corrected chi connectivity index (χ1v) is 8.03. The molecule has 0 unspecified atom stereocenters. The Kier molecular flexibility index (Phi) is 3.61. The number of phenols is 1. The fraction of sp³-hybridized carbons (Fsp3) is 0.100. The van der Waals surface area contributed by atoms with Gasteiger partial charge in [0.15, 0.2) is 6.29 Å². The lowest BCUT2D eigenvalue weighted by molar-refractivity contribution is 0.112. The van der Waals surface area contributed by atoms with E-state index in [-0.39, 0.29) is 5.75 Å². The predicted molar refractivity (Wildman–Crippen MR) is 95.3 cm³/mol. The predicted octanol–water partition coefficient (Wildman–Crippen LogP) is 4.56. The smallest absolute Gasteiger partial charge is 0.152 e. The fourth-order valence-electron chi connectivity index (χ4n) is 3.34. The second-order valence-corrected chi connectivity index (χ2v) is 6.09. The van der Waals surface area contributed by atoms with E-state index in [9.17, 15) is 14.3 Å². The molecule has 0 radical (unpaired) electrons. The van der Waals surface area contributed by atoms with Gasteiger partial charge in [-0.25, -0.2) is 4.39 Å². The fourth-order valence-corrected chi connectivity index (χ4v) is 3.34. The molecule has 0 aliphatic heterocycles. The van der Waals surface area contributed by atoms with E-state index in [4.69, 9.17) is 4.52 Å². The van der Waals surface area contributed by atoms with Crippen LogP contribution in [-0.2, 0) is 0 Å². The molecule has 2 heterocycles. The summed E-state index contributed by atoms with van der Waals surface area (Å²) in [6, 6.07) is 10.8. The Balaban J connectivity index is 2.20. The highest BCUT2D eigenvalue weighted by Crippen LogP contribution is 2.38. The summed E-state index contributed by atoms with van der Waals surface area (Å²) in [6.45, 7) is 3.56. The maximum Gasteiger partial charge on any atom is 0.152 e. The average Bonchev–Trinajstić information content (AvgIpc) is 3.11. The van der Waals surface area contributed by atoms with Gasteiger partial charge in [0, 0.05) is 16.6 Å². The number of aryl methyl sites for hydroxylation is 2. The number of aromatic hydroxyl groups is 1. The SMILES string of the molecule is Cc1noc(C)c1-c1c(C=O)c2ccc(F)cc2n1-c1ccc(O)cc1. The molecule has 0 amide bonds. The molecule has 0 saturated heterocycles. The highest BCUT2D eigenvalue weighted by atomic mass is 19.1. The molecular weight excluding hydrogens is 335 g/mol. The average molecular weight is 350 g/mol. The van der Waals surface area contributed by atoms with E-state index in [0.29, 0.717) is 44.9 Å². The standard InChI is InChI=1S/C20H15FN2O3/c1-11-19(12(2)26-22-11)20-17(10-24)16-8-3-13(21)9-18(16)23(20)14-4-6-15(25)7-5-14/h3-10,25H,1-2H3. The first-order valence-electron chi connectivity index (χ1n) is 8.03. The first-order chi connectivity index (χ1) is 12.5. The Hall–Kier alpha value is -3.41. The lowest BCUT2D eigenvalue weighted by atomic mass is 10.0. The van der Waals surface area contributed by atoms with Crippen LogP contribution in [0.2, 0.25) is 0 Å². The van der Waals surface area contributed by atoms with Crippen LogP contribution < -0.4 is 0 Å². The zero-order chi connectivity index (χ0) is 18.4. The lowest BCUT2D eigenvalue weighted by Gasteiger charge is -2.12. The number of aldehydes is 1. The van der Waals surface area contributed by atoms with Gasteiger partial charge in [-0.3, -0.25) is 4.79 Å². The Morgan fingerprint density at radius 3 is 2.50 bits per heavy atom. The van der Waals surface area contributed by atoms with Crippen LogP contribution in [0.4, 0.5) is 4.39 Å². The molecule has 6 heteroatoms. The summed E-state index contributed by atoms with van der Waals surface area (Å²) in [7, 11) is 0. The van der Waals surface area contributed by atoms with Gasteiger partial charge in [0.2, 0.25) is 0 Å². The van der Waals surface area contributed by atoms with Gasteiger partial charge >= 0.3 is 0 Å². The number of aromatic nitrogens is 2. The molecular formula is C20H15FN2O3. The van der Waals surface area contributed by atoms with Crippen LogP contribution in [0.15, 0.2) is 47.0 Å². The number of hydrogen-bond donors (Lipinski definition) is 1.